The molecule has 3 rings (SSSR count). The lowest BCUT2D eigenvalue weighted by molar-refractivity contribution is -0.176. The van der Waals surface area contributed by atoms with Crippen LogP contribution in [0.5, 0.6) is 5.75 Å². The largest absolute Gasteiger partial charge is 0.494 e. The zero-order chi connectivity index (χ0) is 21.9. The second-order valence-electron chi connectivity index (χ2n) is 9.29. The van der Waals surface area contributed by atoms with Crippen LogP contribution in [-0.2, 0) is 11.3 Å². The number of methoxy groups -OCH3 is 2. The normalized spacial score (nSPS) is 26.5. The van der Waals surface area contributed by atoms with Gasteiger partial charge in [-0.1, -0.05) is 19.9 Å². The Balaban J connectivity index is 0.00000341. The van der Waals surface area contributed by atoms with Gasteiger partial charge in [-0.3, -0.25) is 9.89 Å². The summed E-state index contributed by atoms with van der Waals surface area (Å²) in [5, 5.41) is 7.18. The van der Waals surface area contributed by atoms with Gasteiger partial charge in [-0.25, -0.2) is 4.39 Å². The summed E-state index contributed by atoms with van der Waals surface area (Å²) in [5.41, 5.74) is 0.914. The third-order valence-corrected chi connectivity index (χ3v) is 7.36. The van der Waals surface area contributed by atoms with Crippen LogP contribution in [-0.4, -0.2) is 62.9 Å². The van der Waals surface area contributed by atoms with Crippen LogP contribution < -0.4 is 15.4 Å². The Kier molecular flexibility index (Phi) is 8.98. The molecule has 176 valence electrons. The maximum absolute atomic E-state index is 13.9. The van der Waals surface area contributed by atoms with Gasteiger partial charge in [-0.15, -0.1) is 24.0 Å². The number of hydrogen-bond donors (Lipinski definition) is 2. The van der Waals surface area contributed by atoms with Crippen LogP contribution >= 0.6 is 24.0 Å². The molecule has 1 aliphatic carbocycles. The van der Waals surface area contributed by atoms with Crippen LogP contribution in [0.2, 0.25) is 0 Å². The van der Waals surface area contributed by atoms with Crippen molar-refractivity contribution in [1.82, 2.24) is 15.5 Å². The van der Waals surface area contributed by atoms with Gasteiger partial charge in [0.25, 0.3) is 0 Å². The van der Waals surface area contributed by atoms with Crippen molar-refractivity contribution < 1.29 is 13.9 Å². The van der Waals surface area contributed by atoms with Gasteiger partial charge in [0.15, 0.2) is 17.5 Å². The molecular weight excluding hydrogens is 510 g/mol. The highest BCUT2D eigenvalue weighted by molar-refractivity contribution is 14.0. The third-order valence-electron chi connectivity index (χ3n) is 7.36. The molecule has 0 amide bonds. The number of rotatable bonds is 6. The summed E-state index contributed by atoms with van der Waals surface area (Å²) in [6.07, 6.45) is 3.03. The second kappa shape index (κ2) is 10.7. The highest BCUT2D eigenvalue weighted by Gasteiger charge is 2.58. The molecule has 2 aliphatic rings. The average molecular weight is 548 g/mol. The van der Waals surface area contributed by atoms with E-state index in [0.717, 1.165) is 50.4 Å². The number of nitrogens with zero attached hydrogens (tertiary/aromatic N) is 2. The molecule has 2 fully saturated rings. The lowest BCUT2D eigenvalue weighted by Crippen LogP contribution is -2.69. The Morgan fingerprint density at radius 1 is 1.19 bits per heavy atom. The van der Waals surface area contributed by atoms with E-state index >= 15 is 0 Å². The number of halogens is 2. The maximum Gasteiger partial charge on any atom is 0.191 e. The summed E-state index contributed by atoms with van der Waals surface area (Å²) >= 11 is 0. The van der Waals surface area contributed by atoms with E-state index in [4.69, 9.17) is 9.47 Å². The topological polar surface area (TPSA) is 58.1 Å². The first-order chi connectivity index (χ1) is 14.2. The van der Waals surface area contributed by atoms with E-state index in [1.807, 2.05) is 13.1 Å². The van der Waals surface area contributed by atoms with Gasteiger partial charge in [0.2, 0.25) is 0 Å². The van der Waals surface area contributed by atoms with Crippen LogP contribution in [0.1, 0.15) is 45.6 Å². The van der Waals surface area contributed by atoms with Crippen LogP contribution in [0, 0.1) is 11.2 Å². The van der Waals surface area contributed by atoms with Crippen LogP contribution in [0.15, 0.2) is 23.2 Å². The van der Waals surface area contributed by atoms with E-state index in [-0.39, 0.29) is 40.8 Å². The average Bonchev–Trinajstić information content (AvgIpc) is 2.74. The maximum atomic E-state index is 13.9. The second-order valence-corrected chi connectivity index (χ2v) is 9.29. The first-order valence-corrected chi connectivity index (χ1v) is 10.8. The van der Waals surface area contributed by atoms with Crippen molar-refractivity contribution in [2.75, 3.05) is 34.4 Å². The Bertz CT molecular complexity index is 768. The van der Waals surface area contributed by atoms with Crippen LogP contribution in [0.3, 0.4) is 0 Å². The number of benzene rings is 1. The van der Waals surface area contributed by atoms with Gasteiger partial charge >= 0.3 is 0 Å². The fourth-order valence-electron chi connectivity index (χ4n) is 4.55. The number of nitrogens with one attached hydrogen (secondary N) is 2. The van der Waals surface area contributed by atoms with Gasteiger partial charge in [0, 0.05) is 51.3 Å². The minimum Gasteiger partial charge on any atom is -0.494 e. The van der Waals surface area contributed by atoms with Crippen molar-refractivity contribution >= 4 is 29.9 Å². The highest BCUT2D eigenvalue weighted by Crippen LogP contribution is 2.51. The standard InChI is InChI=1S/C23H37FN4O2.HI/c1-22(2)20(14-23(22,3)30-6)27-21(25-4)26-17-9-11-28(12-10-17)15-16-7-8-19(29-5)18(24)13-16;/h7-8,13,17,20H,9-12,14-15H2,1-6H3,(H2,25,26,27);1H. The molecule has 1 aliphatic heterocycles. The fourth-order valence-corrected chi connectivity index (χ4v) is 4.55. The molecule has 1 aromatic carbocycles. The van der Waals surface area contributed by atoms with E-state index < -0.39 is 0 Å². The Labute approximate surface area is 203 Å². The minimum absolute atomic E-state index is 0. The first kappa shape index (κ1) is 26.1. The zero-order valence-electron chi connectivity index (χ0n) is 19.6. The molecule has 6 nitrogen and oxygen atoms in total. The lowest BCUT2D eigenvalue weighted by Gasteiger charge is -2.59. The quantitative estimate of drug-likeness (QED) is 0.322. The van der Waals surface area contributed by atoms with Gasteiger partial charge in [-0.05, 0) is 43.9 Å². The fraction of sp³-hybridized carbons (Fsp3) is 0.696. The lowest BCUT2D eigenvalue weighted by atomic mass is 9.56. The van der Waals surface area contributed by atoms with Crippen molar-refractivity contribution in [3.8, 4) is 5.75 Å². The van der Waals surface area contributed by atoms with Crippen molar-refractivity contribution in [2.45, 2.75) is 64.3 Å². The van der Waals surface area contributed by atoms with Gasteiger partial charge in [0.05, 0.1) is 12.7 Å². The summed E-state index contributed by atoms with van der Waals surface area (Å²) < 4.78 is 24.7. The Hall–Kier alpha value is -1.13. The number of likely N-dealkylation sites (tertiary alicyclic amines) is 1. The van der Waals surface area contributed by atoms with Crippen molar-refractivity contribution in [3.05, 3.63) is 29.6 Å². The van der Waals surface area contributed by atoms with Crippen molar-refractivity contribution in [3.63, 3.8) is 0 Å². The minimum atomic E-state index is -0.301. The predicted molar refractivity (Wildman–Crippen MR) is 134 cm³/mol. The number of ether oxygens (including phenoxy) is 2. The smallest absolute Gasteiger partial charge is 0.191 e. The summed E-state index contributed by atoms with van der Waals surface area (Å²) in [7, 11) is 5.10. The molecule has 1 saturated carbocycles. The van der Waals surface area contributed by atoms with Crippen molar-refractivity contribution in [2.24, 2.45) is 10.4 Å². The molecule has 0 spiro atoms. The molecule has 2 N–H and O–H groups in total. The molecule has 0 bridgehead atoms. The molecule has 1 heterocycles. The Morgan fingerprint density at radius 3 is 2.39 bits per heavy atom. The van der Waals surface area contributed by atoms with Gasteiger partial charge in [-0.2, -0.15) is 0 Å². The van der Waals surface area contributed by atoms with E-state index in [1.165, 1.54) is 7.11 Å². The SMILES string of the molecule is CN=C(NC1CCN(Cc2ccc(OC)c(F)c2)CC1)NC1CC(C)(OC)C1(C)C.I. The monoisotopic (exact) mass is 548 g/mol. The number of guanidine groups is 1. The van der Waals surface area contributed by atoms with E-state index in [2.05, 4.69) is 41.3 Å². The third kappa shape index (κ3) is 5.63. The number of aliphatic imine (C=N–C) groups is 1. The van der Waals surface area contributed by atoms with E-state index in [1.54, 1.807) is 19.2 Å². The highest BCUT2D eigenvalue weighted by atomic mass is 127. The van der Waals surface area contributed by atoms with Gasteiger partial charge in [0.1, 0.15) is 0 Å². The molecule has 0 aromatic heterocycles. The predicted octanol–water partition coefficient (Wildman–Crippen LogP) is 3.79. The molecule has 31 heavy (non-hydrogen) atoms. The summed E-state index contributed by atoms with van der Waals surface area (Å²) in [4.78, 5) is 6.81. The summed E-state index contributed by atoms with van der Waals surface area (Å²) in [6.45, 7) is 9.35. The van der Waals surface area contributed by atoms with E-state index in [9.17, 15) is 4.39 Å². The molecule has 1 aromatic rings. The summed E-state index contributed by atoms with van der Waals surface area (Å²) in [5.74, 6) is 0.854. The van der Waals surface area contributed by atoms with Crippen molar-refractivity contribution in [1.29, 1.82) is 0 Å². The Morgan fingerprint density at radius 2 is 1.87 bits per heavy atom. The molecule has 8 heteroatoms. The molecule has 1 saturated heterocycles. The van der Waals surface area contributed by atoms with Crippen LogP contribution in [0.25, 0.3) is 0 Å². The van der Waals surface area contributed by atoms with E-state index in [0.29, 0.717) is 17.8 Å². The summed E-state index contributed by atoms with van der Waals surface area (Å²) in [6, 6.07) is 5.93. The number of piperidine rings is 1. The molecule has 2 unspecified atom stereocenters. The zero-order valence-corrected chi connectivity index (χ0v) is 22.0. The molecule has 0 radical (unpaired) electrons. The van der Waals surface area contributed by atoms with Crippen LogP contribution in [0.4, 0.5) is 4.39 Å². The first-order valence-electron chi connectivity index (χ1n) is 10.8. The van der Waals surface area contributed by atoms with Gasteiger partial charge < -0.3 is 20.1 Å². The molecule has 2 atom stereocenters. The number of hydrogen-bond acceptors (Lipinski definition) is 4. The molecular formula is C23H38FIN4O2.